The third-order valence-corrected chi connectivity index (χ3v) is 3.78. The van der Waals surface area contributed by atoms with Crippen LogP contribution in [0.25, 0.3) is 0 Å². The number of sulfonamides is 1. The fraction of sp³-hybridized carbons (Fsp3) is 0.154. The first-order chi connectivity index (χ1) is 9.33. The molecule has 108 valence electrons. The van der Waals surface area contributed by atoms with Gasteiger partial charge < -0.3 is 5.11 Å². The van der Waals surface area contributed by atoms with Gasteiger partial charge in [0.15, 0.2) is 5.75 Å². The zero-order chi connectivity index (χ0) is 15.3. The van der Waals surface area contributed by atoms with Crippen LogP contribution in [-0.2, 0) is 10.0 Å². The molecule has 0 saturated heterocycles. The van der Waals surface area contributed by atoms with E-state index in [2.05, 4.69) is 11.4 Å². The Morgan fingerprint density at radius 1 is 1.50 bits per heavy atom. The van der Waals surface area contributed by atoms with E-state index in [-0.39, 0.29) is 10.6 Å². The molecule has 20 heavy (non-hydrogen) atoms. The molecule has 0 amide bonds. The van der Waals surface area contributed by atoms with E-state index in [1.165, 1.54) is 31.3 Å². The van der Waals surface area contributed by atoms with E-state index in [1.54, 1.807) is 13.0 Å². The molecule has 0 radical (unpaired) electrons. The topological polar surface area (TPSA) is 88.4 Å². The van der Waals surface area contributed by atoms with Crippen LogP contribution in [0.2, 0.25) is 0 Å². The largest absolute Gasteiger partial charge is 0.503 e. The van der Waals surface area contributed by atoms with Gasteiger partial charge in [-0.3, -0.25) is 9.47 Å². The van der Waals surface area contributed by atoms with Crippen LogP contribution in [0.5, 0.6) is 5.75 Å². The number of nitrogens with one attached hydrogen (secondary N) is 1. The number of hydrogen-bond acceptors (Lipinski definition) is 4. The summed E-state index contributed by atoms with van der Waals surface area (Å²) < 4.78 is 25.4. The summed E-state index contributed by atoms with van der Waals surface area (Å²) in [5.41, 5.74) is -0.479. The van der Waals surface area contributed by atoms with E-state index in [1.807, 2.05) is 0 Å². The molecule has 0 spiro atoms. The molecule has 0 aromatic carbocycles. The van der Waals surface area contributed by atoms with Gasteiger partial charge in [-0.25, -0.2) is 4.83 Å². The van der Waals surface area contributed by atoms with Gasteiger partial charge in [0.25, 0.3) is 10.0 Å². The maximum atomic E-state index is 12.2. The lowest BCUT2D eigenvalue weighted by Crippen LogP contribution is -2.26. The summed E-state index contributed by atoms with van der Waals surface area (Å²) in [5, 5.41) is 9.52. The molecule has 7 heteroatoms. The van der Waals surface area contributed by atoms with Gasteiger partial charge in [-0.2, -0.15) is 8.42 Å². The molecule has 0 aliphatic rings. The summed E-state index contributed by atoms with van der Waals surface area (Å²) in [7, 11) is -3.85. The second-order valence-corrected chi connectivity index (χ2v) is 5.54. The van der Waals surface area contributed by atoms with Crippen molar-refractivity contribution in [2.24, 2.45) is 0 Å². The summed E-state index contributed by atoms with van der Waals surface area (Å²) in [6, 6.07) is 1.07. The van der Waals surface area contributed by atoms with Crippen LogP contribution >= 0.6 is 0 Å². The highest BCUT2D eigenvalue weighted by Gasteiger charge is 2.16. The van der Waals surface area contributed by atoms with Gasteiger partial charge in [0.1, 0.15) is 0 Å². The van der Waals surface area contributed by atoms with E-state index in [0.29, 0.717) is 0 Å². The normalized spacial score (nSPS) is 12.6. The average molecular weight is 296 g/mol. The summed E-state index contributed by atoms with van der Waals surface area (Å²) in [4.78, 5) is 13.5. The summed E-state index contributed by atoms with van der Waals surface area (Å²) in [6.45, 7) is 6.56. The van der Waals surface area contributed by atoms with E-state index < -0.39 is 21.2 Å². The first-order valence-corrected chi connectivity index (χ1v) is 7.21. The monoisotopic (exact) mass is 296 g/mol. The Balaban J connectivity index is 3.27. The maximum Gasteiger partial charge on any atom is 0.275 e. The molecule has 1 aromatic rings. The number of rotatable bonds is 5. The van der Waals surface area contributed by atoms with Crippen molar-refractivity contribution in [3.05, 3.63) is 64.0 Å². The highest BCUT2D eigenvalue weighted by molar-refractivity contribution is 7.96. The molecule has 1 aromatic heterocycles. The number of nitrogens with zero attached hydrogens (tertiary/aromatic N) is 1. The Bertz CT molecular complexity index is 727. The number of allylic oxidation sites excluding steroid dienone is 4. The minimum Gasteiger partial charge on any atom is -0.503 e. The molecule has 0 atom stereocenters. The van der Waals surface area contributed by atoms with E-state index in [4.69, 9.17) is 0 Å². The van der Waals surface area contributed by atoms with Crippen molar-refractivity contribution in [3.8, 4) is 5.75 Å². The van der Waals surface area contributed by atoms with Crippen LogP contribution in [0.1, 0.15) is 12.6 Å². The van der Waals surface area contributed by atoms with Gasteiger partial charge in [-0.15, -0.1) is 0 Å². The fourth-order valence-electron chi connectivity index (χ4n) is 1.42. The SMILES string of the molecule is C=C/C=C(\C=C/C)S(=O)(=O)Nn1ccc(=O)c(O)c1C. The molecule has 6 nitrogen and oxygen atoms in total. The Morgan fingerprint density at radius 2 is 2.15 bits per heavy atom. The second-order valence-electron chi connectivity index (χ2n) is 3.88. The minimum absolute atomic E-state index is 0.00703. The molecular formula is C13H16N2O4S. The number of aromatic hydroxyl groups is 1. The zero-order valence-corrected chi connectivity index (χ0v) is 12.0. The number of pyridine rings is 1. The van der Waals surface area contributed by atoms with Crippen molar-refractivity contribution in [2.75, 3.05) is 4.83 Å². The third-order valence-electron chi connectivity index (χ3n) is 2.45. The van der Waals surface area contributed by atoms with Gasteiger partial charge in [-0.1, -0.05) is 18.7 Å². The lowest BCUT2D eigenvalue weighted by atomic mass is 10.3. The smallest absolute Gasteiger partial charge is 0.275 e. The molecule has 0 fully saturated rings. The van der Waals surface area contributed by atoms with Crippen LogP contribution in [0, 0.1) is 6.92 Å². The Morgan fingerprint density at radius 3 is 2.70 bits per heavy atom. The van der Waals surface area contributed by atoms with Gasteiger partial charge in [0.2, 0.25) is 5.43 Å². The highest BCUT2D eigenvalue weighted by Crippen LogP contribution is 2.12. The molecule has 0 aliphatic carbocycles. The molecule has 0 bridgehead atoms. The summed E-state index contributed by atoms with van der Waals surface area (Å²) in [6.07, 6.45) is 6.90. The van der Waals surface area contributed by atoms with Crippen molar-refractivity contribution >= 4 is 10.0 Å². The first-order valence-electron chi connectivity index (χ1n) is 5.73. The number of aromatic nitrogens is 1. The van der Waals surface area contributed by atoms with Gasteiger partial charge >= 0.3 is 0 Å². The van der Waals surface area contributed by atoms with Crippen LogP contribution < -0.4 is 10.3 Å². The highest BCUT2D eigenvalue weighted by atomic mass is 32.2. The number of hydrogen-bond donors (Lipinski definition) is 2. The summed E-state index contributed by atoms with van der Waals surface area (Å²) in [5.74, 6) is -0.504. The lowest BCUT2D eigenvalue weighted by Gasteiger charge is -2.14. The lowest BCUT2D eigenvalue weighted by molar-refractivity contribution is 0.458. The molecule has 1 rings (SSSR count). The van der Waals surface area contributed by atoms with Crippen molar-refractivity contribution in [1.29, 1.82) is 0 Å². The molecular weight excluding hydrogens is 280 g/mol. The molecule has 2 N–H and O–H groups in total. The first kappa shape index (κ1) is 15.8. The van der Waals surface area contributed by atoms with Crippen LogP contribution in [0.15, 0.2) is 52.8 Å². The molecule has 0 unspecified atom stereocenters. The Hall–Kier alpha value is -2.28. The predicted octanol–water partition coefficient (Wildman–Crippen LogP) is 1.38. The molecule has 0 aliphatic heterocycles. The third kappa shape index (κ3) is 3.39. The van der Waals surface area contributed by atoms with Crippen molar-refractivity contribution in [1.82, 2.24) is 4.68 Å². The Labute approximate surface area is 117 Å². The van der Waals surface area contributed by atoms with Gasteiger partial charge in [0, 0.05) is 12.3 Å². The fourth-order valence-corrected chi connectivity index (χ4v) is 2.57. The molecule has 0 saturated carbocycles. The van der Waals surface area contributed by atoms with Crippen LogP contribution in [0.3, 0.4) is 0 Å². The minimum atomic E-state index is -3.85. The van der Waals surface area contributed by atoms with Crippen molar-refractivity contribution in [2.45, 2.75) is 13.8 Å². The standard InChI is InChI=1S/C13H16N2O4S/c1-4-6-11(7-5-2)20(18,19)14-15-9-8-12(16)13(17)10(15)3/h4-9,14,17H,1H2,2-3H3/b7-5-,11-6+. The van der Waals surface area contributed by atoms with E-state index in [0.717, 1.165) is 10.7 Å². The van der Waals surface area contributed by atoms with Crippen molar-refractivity contribution in [3.63, 3.8) is 0 Å². The van der Waals surface area contributed by atoms with Crippen LogP contribution in [-0.4, -0.2) is 18.2 Å². The van der Waals surface area contributed by atoms with Crippen LogP contribution in [0.4, 0.5) is 0 Å². The average Bonchev–Trinajstić information content (AvgIpc) is 2.39. The van der Waals surface area contributed by atoms with Crippen molar-refractivity contribution < 1.29 is 13.5 Å². The molecule has 1 heterocycles. The van der Waals surface area contributed by atoms with Gasteiger partial charge in [0.05, 0.1) is 10.6 Å². The summed E-state index contributed by atoms with van der Waals surface area (Å²) >= 11 is 0. The zero-order valence-electron chi connectivity index (χ0n) is 11.2. The quantitative estimate of drug-likeness (QED) is 0.803. The van der Waals surface area contributed by atoms with E-state index >= 15 is 0 Å². The van der Waals surface area contributed by atoms with Gasteiger partial charge in [-0.05, 0) is 26.0 Å². The second kappa shape index (κ2) is 6.25. The maximum absolute atomic E-state index is 12.2. The Kier molecular flexibility index (Phi) is 4.93. The predicted molar refractivity (Wildman–Crippen MR) is 78.5 cm³/mol. The van der Waals surface area contributed by atoms with E-state index in [9.17, 15) is 18.3 Å².